The fourth-order valence-electron chi connectivity index (χ4n) is 4.10. The Morgan fingerprint density at radius 1 is 1.11 bits per heavy atom. The molecule has 2 heterocycles. The second-order valence-corrected chi connectivity index (χ2v) is 8.39. The zero-order valence-electron chi connectivity index (χ0n) is 17.4. The SMILES string of the molecule is CCc1ccc(C(=O)N2CCC3(CC2)COCCN(CC(=O)N(C)C)C3)cc1. The minimum atomic E-state index is 0.0337. The van der Waals surface area contributed by atoms with Crippen molar-refractivity contribution in [1.82, 2.24) is 14.7 Å². The number of hydrogen-bond acceptors (Lipinski definition) is 4. The lowest BCUT2D eigenvalue weighted by Gasteiger charge is -2.42. The maximum absolute atomic E-state index is 12.9. The quantitative estimate of drug-likeness (QED) is 0.792. The standard InChI is InChI=1S/C22H33N3O3/c1-4-18-5-7-19(8-6-18)21(27)25-11-9-22(10-12-25)16-24(13-14-28-17-22)15-20(26)23(2)3/h5-8H,4,9-17H2,1-3H3. The van der Waals surface area contributed by atoms with Crippen LogP contribution in [0, 0.1) is 5.41 Å². The van der Waals surface area contributed by atoms with Gasteiger partial charge in [-0.3, -0.25) is 14.5 Å². The second kappa shape index (κ2) is 9.05. The van der Waals surface area contributed by atoms with Gasteiger partial charge in [0.2, 0.25) is 5.91 Å². The molecule has 1 aromatic carbocycles. The van der Waals surface area contributed by atoms with Crippen LogP contribution in [-0.4, -0.2) is 86.5 Å². The van der Waals surface area contributed by atoms with Gasteiger partial charge in [0.25, 0.3) is 5.91 Å². The molecule has 1 spiro atoms. The van der Waals surface area contributed by atoms with Crippen molar-refractivity contribution in [2.24, 2.45) is 5.41 Å². The highest BCUT2D eigenvalue weighted by molar-refractivity contribution is 5.94. The number of likely N-dealkylation sites (N-methyl/N-ethyl adjacent to an activating group) is 1. The van der Waals surface area contributed by atoms with Crippen LogP contribution in [0.3, 0.4) is 0 Å². The zero-order valence-corrected chi connectivity index (χ0v) is 17.4. The molecule has 6 heteroatoms. The van der Waals surface area contributed by atoms with Crippen LogP contribution in [0.4, 0.5) is 0 Å². The van der Waals surface area contributed by atoms with Gasteiger partial charge in [0.15, 0.2) is 0 Å². The highest BCUT2D eigenvalue weighted by Crippen LogP contribution is 2.34. The van der Waals surface area contributed by atoms with Gasteiger partial charge in [0.05, 0.1) is 19.8 Å². The average Bonchev–Trinajstić information content (AvgIpc) is 2.90. The Bertz CT molecular complexity index is 679. The van der Waals surface area contributed by atoms with Crippen LogP contribution in [-0.2, 0) is 16.0 Å². The van der Waals surface area contributed by atoms with Crippen molar-refractivity contribution < 1.29 is 14.3 Å². The maximum atomic E-state index is 12.9. The number of hydrogen-bond donors (Lipinski definition) is 0. The van der Waals surface area contributed by atoms with E-state index in [1.165, 1.54) is 5.56 Å². The fraction of sp³-hybridized carbons (Fsp3) is 0.636. The number of rotatable bonds is 4. The van der Waals surface area contributed by atoms with Gasteiger partial charge in [-0.1, -0.05) is 19.1 Å². The van der Waals surface area contributed by atoms with Crippen molar-refractivity contribution in [3.63, 3.8) is 0 Å². The topological polar surface area (TPSA) is 53.1 Å². The summed E-state index contributed by atoms with van der Waals surface area (Å²) in [5, 5.41) is 0. The highest BCUT2D eigenvalue weighted by atomic mass is 16.5. The number of carbonyl (C=O) groups excluding carboxylic acids is 2. The Morgan fingerprint density at radius 2 is 1.79 bits per heavy atom. The number of ether oxygens (including phenoxy) is 1. The number of aryl methyl sites for hydroxylation is 1. The minimum absolute atomic E-state index is 0.0337. The van der Waals surface area contributed by atoms with Gasteiger partial charge in [-0.2, -0.15) is 0 Å². The molecule has 0 bridgehead atoms. The first kappa shape index (κ1) is 20.8. The van der Waals surface area contributed by atoms with Gasteiger partial charge in [-0.25, -0.2) is 0 Å². The Hall–Kier alpha value is -1.92. The molecule has 6 nitrogen and oxygen atoms in total. The molecule has 0 atom stereocenters. The predicted molar refractivity (Wildman–Crippen MR) is 109 cm³/mol. The minimum Gasteiger partial charge on any atom is -0.379 e. The van der Waals surface area contributed by atoms with Gasteiger partial charge in [0.1, 0.15) is 0 Å². The summed E-state index contributed by atoms with van der Waals surface area (Å²) >= 11 is 0. The van der Waals surface area contributed by atoms with Crippen LogP contribution in [0.15, 0.2) is 24.3 Å². The summed E-state index contributed by atoms with van der Waals surface area (Å²) in [6, 6.07) is 7.96. The van der Waals surface area contributed by atoms with Crippen LogP contribution in [0.5, 0.6) is 0 Å². The van der Waals surface area contributed by atoms with E-state index in [0.717, 1.165) is 51.0 Å². The smallest absolute Gasteiger partial charge is 0.253 e. The molecule has 154 valence electrons. The summed E-state index contributed by atoms with van der Waals surface area (Å²) in [6.07, 6.45) is 2.81. The maximum Gasteiger partial charge on any atom is 0.253 e. The molecule has 3 rings (SSSR count). The third-order valence-corrected chi connectivity index (χ3v) is 6.10. The molecule has 0 radical (unpaired) electrons. The first-order valence-corrected chi connectivity index (χ1v) is 10.3. The monoisotopic (exact) mass is 387 g/mol. The van der Waals surface area contributed by atoms with Gasteiger partial charge in [0, 0.05) is 51.3 Å². The molecule has 0 saturated carbocycles. The molecule has 1 aromatic rings. The molecular weight excluding hydrogens is 354 g/mol. The molecule has 28 heavy (non-hydrogen) atoms. The number of piperidine rings is 1. The Kier molecular flexibility index (Phi) is 6.73. The number of likely N-dealkylation sites (tertiary alicyclic amines) is 1. The lowest BCUT2D eigenvalue weighted by atomic mass is 9.78. The van der Waals surface area contributed by atoms with Gasteiger partial charge in [-0.15, -0.1) is 0 Å². The number of nitrogens with zero attached hydrogens (tertiary/aromatic N) is 3. The van der Waals surface area contributed by atoms with Crippen LogP contribution >= 0.6 is 0 Å². The van der Waals surface area contributed by atoms with E-state index in [1.807, 2.05) is 29.2 Å². The van der Waals surface area contributed by atoms with Crippen LogP contribution in [0.2, 0.25) is 0 Å². The third kappa shape index (κ3) is 4.92. The number of carbonyl (C=O) groups is 2. The van der Waals surface area contributed by atoms with E-state index in [-0.39, 0.29) is 17.2 Å². The van der Waals surface area contributed by atoms with E-state index in [0.29, 0.717) is 19.8 Å². The van der Waals surface area contributed by atoms with Crippen LogP contribution < -0.4 is 0 Å². The van der Waals surface area contributed by atoms with E-state index in [9.17, 15) is 9.59 Å². The van der Waals surface area contributed by atoms with Crippen molar-refractivity contribution in [2.45, 2.75) is 26.2 Å². The Morgan fingerprint density at radius 3 is 2.39 bits per heavy atom. The lowest BCUT2D eigenvalue weighted by molar-refractivity contribution is -0.130. The summed E-state index contributed by atoms with van der Waals surface area (Å²) in [4.78, 5) is 30.8. The normalized spacial score (nSPS) is 20.0. The molecule has 2 amide bonds. The van der Waals surface area contributed by atoms with Crippen molar-refractivity contribution in [3.05, 3.63) is 35.4 Å². The zero-order chi connectivity index (χ0) is 20.1. The Balaban J connectivity index is 1.60. The van der Waals surface area contributed by atoms with Crippen molar-refractivity contribution >= 4 is 11.8 Å². The van der Waals surface area contributed by atoms with Crippen molar-refractivity contribution in [1.29, 1.82) is 0 Å². The summed E-state index contributed by atoms with van der Waals surface area (Å²) in [6.45, 7) is 7.06. The summed E-state index contributed by atoms with van der Waals surface area (Å²) in [5.41, 5.74) is 2.05. The molecule has 0 N–H and O–H groups in total. The van der Waals surface area contributed by atoms with Gasteiger partial charge < -0.3 is 14.5 Å². The van der Waals surface area contributed by atoms with Gasteiger partial charge >= 0.3 is 0 Å². The van der Waals surface area contributed by atoms with E-state index in [1.54, 1.807) is 19.0 Å². The third-order valence-electron chi connectivity index (χ3n) is 6.10. The van der Waals surface area contributed by atoms with Gasteiger partial charge in [-0.05, 0) is 37.0 Å². The molecular formula is C22H33N3O3. The highest BCUT2D eigenvalue weighted by Gasteiger charge is 2.39. The van der Waals surface area contributed by atoms with Crippen molar-refractivity contribution in [3.8, 4) is 0 Å². The van der Waals surface area contributed by atoms with E-state index in [2.05, 4.69) is 11.8 Å². The second-order valence-electron chi connectivity index (χ2n) is 8.39. The molecule has 2 aliphatic rings. The Labute approximate surface area is 168 Å². The first-order chi connectivity index (χ1) is 13.4. The average molecular weight is 388 g/mol. The molecule has 2 fully saturated rings. The molecule has 0 aromatic heterocycles. The number of benzene rings is 1. The molecule has 2 aliphatic heterocycles. The first-order valence-electron chi connectivity index (χ1n) is 10.3. The molecule has 0 aliphatic carbocycles. The van der Waals surface area contributed by atoms with Crippen LogP contribution in [0.1, 0.15) is 35.7 Å². The molecule has 0 unspecified atom stereocenters. The summed E-state index contributed by atoms with van der Waals surface area (Å²) in [7, 11) is 3.59. The van der Waals surface area contributed by atoms with Crippen molar-refractivity contribution in [2.75, 3.05) is 60.0 Å². The predicted octanol–water partition coefficient (Wildman–Crippen LogP) is 1.89. The lowest BCUT2D eigenvalue weighted by Crippen LogP contribution is -2.50. The summed E-state index contributed by atoms with van der Waals surface area (Å²) in [5.74, 6) is 0.242. The largest absolute Gasteiger partial charge is 0.379 e. The molecule has 2 saturated heterocycles. The fourth-order valence-corrected chi connectivity index (χ4v) is 4.10. The van der Waals surface area contributed by atoms with E-state index < -0.39 is 0 Å². The van der Waals surface area contributed by atoms with E-state index >= 15 is 0 Å². The summed E-state index contributed by atoms with van der Waals surface area (Å²) < 4.78 is 5.90. The number of amides is 2. The van der Waals surface area contributed by atoms with Crippen LogP contribution in [0.25, 0.3) is 0 Å². The van der Waals surface area contributed by atoms with E-state index in [4.69, 9.17) is 4.74 Å².